The fourth-order valence-corrected chi connectivity index (χ4v) is 3.41. The number of hydrogen-bond donors (Lipinski definition) is 0. The topological polar surface area (TPSA) is 84.5 Å². The maximum Gasteiger partial charge on any atom is 0.416 e. The van der Waals surface area contributed by atoms with Crippen LogP contribution in [0, 0.1) is 14.9 Å². The lowest BCUT2D eigenvalue weighted by Crippen LogP contribution is -2.13. The first-order chi connectivity index (χ1) is 13.7. The van der Waals surface area contributed by atoms with Crippen molar-refractivity contribution < 1.29 is 18.0 Å². The molecule has 0 unspecified atom stereocenters. The number of carbonyl (C=O) groups is 1. The number of hydrogen-bond acceptors (Lipinski definition) is 5. The number of benzene rings is 1. The Morgan fingerprint density at radius 3 is 2.66 bits per heavy atom. The largest absolute Gasteiger partial charge is 0.416 e. The lowest BCUT2D eigenvalue weighted by molar-refractivity contribution is -0.137. The molecule has 0 radical (unpaired) electrons. The number of ketones is 1. The summed E-state index contributed by atoms with van der Waals surface area (Å²) in [6, 6.07) is 8.43. The van der Waals surface area contributed by atoms with Crippen LogP contribution in [0.4, 0.5) is 13.2 Å². The molecule has 0 aliphatic carbocycles. The molecule has 0 spiro atoms. The minimum atomic E-state index is -4.52. The van der Waals surface area contributed by atoms with Crippen LogP contribution in [0.2, 0.25) is 0 Å². The van der Waals surface area contributed by atoms with E-state index in [4.69, 9.17) is 5.26 Å². The quantitative estimate of drug-likeness (QED) is 0.371. The normalized spacial score (nSPS) is 12.4. The molecule has 2 aromatic heterocycles. The Morgan fingerprint density at radius 1 is 1.28 bits per heavy atom. The van der Waals surface area contributed by atoms with Gasteiger partial charge in [0.2, 0.25) is 0 Å². The second-order valence-electron chi connectivity index (χ2n) is 6.30. The molecule has 3 rings (SSSR count). The molecular weight excluding hydrogens is 498 g/mol. The van der Waals surface area contributed by atoms with E-state index in [-0.39, 0.29) is 12.0 Å². The van der Waals surface area contributed by atoms with Gasteiger partial charge in [0.1, 0.15) is 18.2 Å². The van der Waals surface area contributed by atoms with E-state index in [0.29, 0.717) is 20.8 Å². The van der Waals surface area contributed by atoms with Crippen molar-refractivity contribution in [2.75, 3.05) is 0 Å². The predicted molar refractivity (Wildman–Crippen MR) is 105 cm³/mol. The molecule has 1 aromatic carbocycles. The van der Waals surface area contributed by atoms with E-state index in [1.54, 1.807) is 41.6 Å². The summed E-state index contributed by atoms with van der Waals surface area (Å²) < 4.78 is 40.9. The van der Waals surface area contributed by atoms with E-state index in [0.717, 1.165) is 12.1 Å². The Hall–Kier alpha value is -2.81. The van der Waals surface area contributed by atoms with Crippen molar-refractivity contribution >= 4 is 28.4 Å². The molecule has 2 heterocycles. The molecule has 29 heavy (non-hydrogen) atoms. The molecule has 6 nitrogen and oxygen atoms in total. The van der Waals surface area contributed by atoms with E-state index in [1.165, 1.54) is 23.3 Å². The summed E-state index contributed by atoms with van der Waals surface area (Å²) >= 11 is 1.76. The predicted octanol–water partition coefficient (Wildman–Crippen LogP) is 4.53. The van der Waals surface area contributed by atoms with E-state index in [9.17, 15) is 18.0 Å². The van der Waals surface area contributed by atoms with Crippen molar-refractivity contribution in [3.8, 4) is 11.9 Å². The molecule has 0 fully saturated rings. The van der Waals surface area contributed by atoms with Crippen molar-refractivity contribution in [1.82, 2.24) is 19.7 Å². The average molecular weight is 511 g/mol. The van der Waals surface area contributed by atoms with E-state index >= 15 is 0 Å². The fraction of sp³-hybridized carbons (Fsp3) is 0.211. The van der Waals surface area contributed by atoms with Gasteiger partial charge in [0.05, 0.1) is 11.1 Å². The standard InChI is InChI=1S/C19H13F3IN5O/c1-11(4-16(29)13-5-14(19(20,21)22)7-15(23)6-13)18-26-10-27-28(18)17-3-2-12(8-24)9-25-17/h2-3,5-7,9-11H,4H2,1H3/t11-/m1/s1. The Balaban J connectivity index is 1.84. The summed E-state index contributed by atoms with van der Waals surface area (Å²) in [4.78, 5) is 21.0. The second kappa shape index (κ2) is 8.28. The number of carbonyl (C=O) groups excluding carboxylic acids is 1. The van der Waals surface area contributed by atoms with Crippen LogP contribution in [0.5, 0.6) is 0 Å². The first-order valence-electron chi connectivity index (χ1n) is 8.36. The summed E-state index contributed by atoms with van der Waals surface area (Å²) in [7, 11) is 0. The third-order valence-electron chi connectivity index (χ3n) is 4.15. The monoisotopic (exact) mass is 511 g/mol. The minimum Gasteiger partial charge on any atom is -0.294 e. The Labute approximate surface area is 177 Å². The van der Waals surface area contributed by atoms with Crippen molar-refractivity contribution in [2.45, 2.75) is 25.4 Å². The third kappa shape index (κ3) is 4.79. The second-order valence-corrected chi connectivity index (χ2v) is 7.55. The summed E-state index contributed by atoms with van der Waals surface area (Å²) in [5, 5.41) is 13.0. The first-order valence-corrected chi connectivity index (χ1v) is 9.44. The summed E-state index contributed by atoms with van der Waals surface area (Å²) in [6.07, 6.45) is -1.87. The number of halogens is 4. The summed E-state index contributed by atoms with van der Waals surface area (Å²) in [6.45, 7) is 1.74. The molecular formula is C19H13F3IN5O. The molecule has 148 valence electrons. The zero-order valence-electron chi connectivity index (χ0n) is 15.0. The number of nitriles is 1. The molecule has 10 heteroatoms. The highest BCUT2D eigenvalue weighted by molar-refractivity contribution is 14.1. The number of aromatic nitrogens is 4. The highest BCUT2D eigenvalue weighted by atomic mass is 127. The van der Waals surface area contributed by atoms with Crippen LogP contribution in [0.15, 0.2) is 42.9 Å². The maximum absolute atomic E-state index is 13.0. The van der Waals surface area contributed by atoms with E-state index < -0.39 is 23.4 Å². The molecule has 0 aliphatic heterocycles. The lowest BCUT2D eigenvalue weighted by atomic mass is 9.97. The van der Waals surface area contributed by atoms with Gasteiger partial charge in [0.25, 0.3) is 0 Å². The first kappa shape index (κ1) is 20.9. The SMILES string of the molecule is C[C@H](CC(=O)c1cc(I)cc(C(F)(F)F)c1)c1ncnn1-c1ccc(C#N)cn1. The number of rotatable bonds is 5. The molecule has 0 saturated carbocycles. The third-order valence-corrected chi connectivity index (χ3v) is 4.77. The summed E-state index contributed by atoms with van der Waals surface area (Å²) in [5.74, 6) is 0.0140. The molecule has 0 amide bonds. The molecule has 0 N–H and O–H groups in total. The fourth-order valence-electron chi connectivity index (χ4n) is 2.74. The number of alkyl halides is 3. The number of pyridine rings is 1. The smallest absolute Gasteiger partial charge is 0.294 e. The Kier molecular flexibility index (Phi) is 5.97. The van der Waals surface area contributed by atoms with Gasteiger partial charge in [-0.25, -0.2) is 9.97 Å². The Morgan fingerprint density at radius 2 is 2.03 bits per heavy atom. The lowest BCUT2D eigenvalue weighted by Gasteiger charge is -2.13. The van der Waals surface area contributed by atoms with Crippen LogP contribution in [-0.2, 0) is 6.18 Å². The van der Waals surface area contributed by atoms with Gasteiger partial charge < -0.3 is 0 Å². The van der Waals surface area contributed by atoms with Gasteiger partial charge in [-0.05, 0) is 52.9 Å². The van der Waals surface area contributed by atoms with Crippen LogP contribution in [0.1, 0.15) is 46.6 Å². The van der Waals surface area contributed by atoms with Gasteiger partial charge in [-0.3, -0.25) is 4.79 Å². The zero-order valence-corrected chi connectivity index (χ0v) is 17.1. The van der Waals surface area contributed by atoms with Gasteiger partial charge in [-0.15, -0.1) is 0 Å². The van der Waals surface area contributed by atoms with E-state index in [2.05, 4.69) is 15.1 Å². The molecule has 0 saturated heterocycles. The minimum absolute atomic E-state index is 0.00126. The van der Waals surface area contributed by atoms with Gasteiger partial charge in [-0.1, -0.05) is 6.92 Å². The van der Waals surface area contributed by atoms with Crippen LogP contribution in [0.25, 0.3) is 5.82 Å². The molecule has 0 bridgehead atoms. The molecule has 3 aromatic rings. The van der Waals surface area contributed by atoms with Crippen LogP contribution < -0.4 is 0 Å². The molecule has 0 aliphatic rings. The van der Waals surface area contributed by atoms with Gasteiger partial charge >= 0.3 is 6.18 Å². The summed E-state index contributed by atoms with van der Waals surface area (Å²) in [5.41, 5.74) is -0.471. The number of nitrogens with zero attached hydrogens (tertiary/aromatic N) is 5. The van der Waals surface area contributed by atoms with E-state index in [1.807, 2.05) is 6.07 Å². The number of Topliss-reactive ketones (excluding diaryl/α,β-unsaturated/α-hetero) is 1. The highest BCUT2D eigenvalue weighted by Gasteiger charge is 2.32. The van der Waals surface area contributed by atoms with Gasteiger partial charge in [0, 0.05) is 27.7 Å². The maximum atomic E-state index is 13.0. The Bertz CT molecular complexity index is 1090. The van der Waals surface area contributed by atoms with Crippen LogP contribution >= 0.6 is 22.6 Å². The van der Waals surface area contributed by atoms with Crippen molar-refractivity contribution in [3.05, 3.63) is 68.9 Å². The molecule has 1 atom stereocenters. The van der Waals surface area contributed by atoms with Crippen LogP contribution in [-0.4, -0.2) is 25.5 Å². The van der Waals surface area contributed by atoms with Crippen molar-refractivity contribution in [3.63, 3.8) is 0 Å². The van der Waals surface area contributed by atoms with Gasteiger partial charge in [0.15, 0.2) is 11.6 Å². The van der Waals surface area contributed by atoms with Gasteiger partial charge in [-0.2, -0.15) is 28.2 Å². The van der Waals surface area contributed by atoms with Crippen LogP contribution in [0.3, 0.4) is 0 Å². The zero-order chi connectivity index (χ0) is 21.2. The average Bonchev–Trinajstić information content (AvgIpc) is 3.17. The van der Waals surface area contributed by atoms with Crippen molar-refractivity contribution in [1.29, 1.82) is 5.26 Å². The highest BCUT2D eigenvalue weighted by Crippen LogP contribution is 2.32. The van der Waals surface area contributed by atoms with Crippen molar-refractivity contribution in [2.24, 2.45) is 0 Å².